The molecule has 2 N–H and O–H groups in total. The molecule has 3 aromatic rings. The molecule has 1 aromatic carbocycles. The molecule has 0 spiro atoms. The average molecular weight is 284 g/mol. The van der Waals surface area contributed by atoms with Crippen molar-refractivity contribution in [3.63, 3.8) is 0 Å². The molecule has 0 amide bonds. The van der Waals surface area contributed by atoms with E-state index in [4.69, 9.17) is 10.2 Å². The molecule has 1 aliphatic carbocycles. The molecule has 0 unspecified atom stereocenters. The zero-order chi connectivity index (χ0) is 13.5. The van der Waals surface area contributed by atoms with Crippen LogP contribution in [-0.4, -0.2) is 15.0 Å². The summed E-state index contributed by atoms with van der Waals surface area (Å²) >= 11 is 1.45. The van der Waals surface area contributed by atoms with Gasteiger partial charge in [-0.2, -0.15) is 0 Å². The Balaban J connectivity index is 1.72. The lowest BCUT2D eigenvalue weighted by Crippen LogP contribution is -1.93. The van der Waals surface area contributed by atoms with E-state index in [0.29, 0.717) is 10.9 Å². The fourth-order valence-corrected chi connectivity index (χ4v) is 3.35. The number of rotatable bonds is 2. The van der Waals surface area contributed by atoms with Crippen molar-refractivity contribution in [3.05, 3.63) is 35.8 Å². The van der Waals surface area contributed by atoms with Crippen molar-refractivity contribution in [1.29, 1.82) is 0 Å². The minimum absolute atomic E-state index is 0.596. The van der Waals surface area contributed by atoms with Gasteiger partial charge in [-0.3, -0.25) is 0 Å². The van der Waals surface area contributed by atoms with Crippen molar-refractivity contribution in [1.82, 2.24) is 15.0 Å². The summed E-state index contributed by atoms with van der Waals surface area (Å²) in [7, 11) is 0. The Morgan fingerprint density at radius 1 is 1.20 bits per heavy atom. The van der Waals surface area contributed by atoms with Gasteiger partial charge in [0.1, 0.15) is 16.9 Å². The van der Waals surface area contributed by atoms with Crippen LogP contribution in [0.5, 0.6) is 0 Å². The highest BCUT2D eigenvalue weighted by Gasteiger charge is 2.19. The summed E-state index contributed by atoms with van der Waals surface area (Å²) in [4.78, 5) is 13.1. The summed E-state index contributed by atoms with van der Waals surface area (Å²) in [5.74, 6) is 0. The molecule has 0 aliphatic heterocycles. The maximum absolute atomic E-state index is 5.75. The molecule has 100 valence electrons. The van der Waals surface area contributed by atoms with E-state index < -0.39 is 0 Å². The Morgan fingerprint density at radius 3 is 3.10 bits per heavy atom. The van der Waals surface area contributed by atoms with E-state index in [9.17, 15) is 0 Å². The van der Waals surface area contributed by atoms with E-state index in [1.54, 1.807) is 6.33 Å². The van der Waals surface area contributed by atoms with E-state index in [1.807, 2.05) is 18.2 Å². The Morgan fingerprint density at radius 2 is 2.15 bits per heavy atom. The van der Waals surface area contributed by atoms with Crippen LogP contribution in [0.2, 0.25) is 0 Å². The van der Waals surface area contributed by atoms with E-state index in [0.717, 1.165) is 41.1 Å². The quantitative estimate of drug-likeness (QED) is 0.576. The summed E-state index contributed by atoms with van der Waals surface area (Å²) in [5.41, 5.74) is 10.3. The van der Waals surface area contributed by atoms with E-state index in [1.165, 1.54) is 17.3 Å². The van der Waals surface area contributed by atoms with Crippen LogP contribution in [0.4, 0.5) is 5.69 Å². The standard InChI is InChI=1S/C14H12N4OS/c15-8-4-5-12-11(6-8)18-14(19-12)20-13-9-2-1-3-10(9)16-7-17-13/h4-7H,1-3,15H2. The zero-order valence-corrected chi connectivity index (χ0v) is 11.5. The Bertz CT molecular complexity index is 799. The van der Waals surface area contributed by atoms with Gasteiger partial charge in [-0.05, 0) is 49.2 Å². The lowest BCUT2D eigenvalue weighted by molar-refractivity contribution is 0.489. The van der Waals surface area contributed by atoms with Crippen LogP contribution < -0.4 is 5.73 Å². The average Bonchev–Trinajstić information content (AvgIpc) is 3.04. The molecule has 5 nitrogen and oxygen atoms in total. The number of nitrogen functional groups attached to an aromatic ring is 1. The van der Waals surface area contributed by atoms with Gasteiger partial charge in [0.25, 0.3) is 5.22 Å². The molecule has 2 aromatic heterocycles. The molecule has 20 heavy (non-hydrogen) atoms. The smallest absolute Gasteiger partial charge is 0.263 e. The highest BCUT2D eigenvalue weighted by atomic mass is 32.2. The highest BCUT2D eigenvalue weighted by molar-refractivity contribution is 7.99. The summed E-state index contributed by atoms with van der Waals surface area (Å²) in [6.07, 6.45) is 4.83. The lowest BCUT2D eigenvalue weighted by Gasteiger charge is -2.02. The SMILES string of the molecule is Nc1ccc2oc(Sc3ncnc4c3CCC4)nc2c1. The van der Waals surface area contributed by atoms with Gasteiger partial charge in [-0.25, -0.2) is 15.0 Å². The van der Waals surface area contributed by atoms with Crippen LogP contribution in [0.3, 0.4) is 0 Å². The van der Waals surface area contributed by atoms with Gasteiger partial charge in [0, 0.05) is 16.9 Å². The van der Waals surface area contributed by atoms with Gasteiger partial charge in [0.15, 0.2) is 5.58 Å². The second kappa shape index (κ2) is 4.49. The van der Waals surface area contributed by atoms with Gasteiger partial charge in [-0.1, -0.05) is 0 Å². The highest BCUT2D eigenvalue weighted by Crippen LogP contribution is 2.34. The molecule has 0 atom stereocenters. The molecular weight excluding hydrogens is 272 g/mol. The van der Waals surface area contributed by atoms with Crippen molar-refractivity contribution in [3.8, 4) is 0 Å². The number of nitrogens with zero attached hydrogens (tertiary/aromatic N) is 3. The number of oxazole rings is 1. The zero-order valence-electron chi connectivity index (χ0n) is 10.7. The van der Waals surface area contributed by atoms with Gasteiger partial charge in [0.05, 0.1) is 0 Å². The number of benzene rings is 1. The predicted octanol–water partition coefficient (Wildman–Crippen LogP) is 2.84. The number of hydrogen-bond donors (Lipinski definition) is 1. The van der Waals surface area contributed by atoms with E-state index in [2.05, 4.69) is 15.0 Å². The first-order chi connectivity index (χ1) is 9.79. The van der Waals surface area contributed by atoms with Gasteiger partial charge in [-0.15, -0.1) is 0 Å². The van der Waals surface area contributed by atoms with Crippen LogP contribution in [0.1, 0.15) is 17.7 Å². The second-order valence-corrected chi connectivity index (χ2v) is 5.71. The summed E-state index contributed by atoms with van der Waals surface area (Å²) < 4.78 is 5.72. The molecule has 1 aliphatic rings. The van der Waals surface area contributed by atoms with Crippen LogP contribution in [-0.2, 0) is 12.8 Å². The number of nitrogens with two attached hydrogens (primary N) is 1. The molecule has 2 heterocycles. The third kappa shape index (κ3) is 1.92. The molecule has 0 fully saturated rings. The maximum Gasteiger partial charge on any atom is 0.263 e. The molecule has 0 saturated heterocycles. The third-order valence-corrected chi connectivity index (χ3v) is 4.31. The first-order valence-electron chi connectivity index (χ1n) is 6.46. The largest absolute Gasteiger partial charge is 0.431 e. The van der Waals surface area contributed by atoms with Crippen LogP contribution in [0.15, 0.2) is 39.2 Å². The fraction of sp³-hybridized carbons (Fsp3) is 0.214. The molecule has 0 radical (unpaired) electrons. The Hall–Kier alpha value is -2.08. The fourth-order valence-electron chi connectivity index (χ4n) is 2.47. The molecule has 0 saturated carbocycles. The van der Waals surface area contributed by atoms with E-state index >= 15 is 0 Å². The third-order valence-electron chi connectivity index (χ3n) is 3.41. The Kier molecular flexibility index (Phi) is 2.63. The lowest BCUT2D eigenvalue weighted by atomic mass is 10.3. The minimum atomic E-state index is 0.596. The van der Waals surface area contributed by atoms with Crippen molar-refractivity contribution >= 4 is 28.5 Å². The molecular formula is C14H12N4OS. The monoisotopic (exact) mass is 284 g/mol. The van der Waals surface area contributed by atoms with Gasteiger partial charge < -0.3 is 10.2 Å². The van der Waals surface area contributed by atoms with E-state index in [-0.39, 0.29) is 0 Å². The van der Waals surface area contributed by atoms with Crippen molar-refractivity contribution in [2.45, 2.75) is 29.5 Å². The molecule has 0 bridgehead atoms. The van der Waals surface area contributed by atoms with Crippen molar-refractivity contribution in [2.75, 3.05) is 5.73 Å². The first-order valence-corrected chi connectivity index (χ1v) is 7.28. The maximum atomic E-state index is 5.75. The Labute approximate surface area is 119 Å². The van der Waals surface area contributed by atoms with Crippen LogP contribution >= 0.6 is 11.8 Å². The van der Waals surface area contributed by atoms with Crippen molar-refractivity contribution in [2.24, 2.45) is 0 Å². The summed E-state index contributed by atoms with van der Waals surface area (Å²) in [6, 6.07) is 5.46. The minimum Gasteiger partial charge on any atom is -0.431 e. The number of hydrogen-bond acceptors (Lipinski definition) is 6. The predicted molar refractivity (Wildman–Crippen MR) is 76.6 cm³/mol. The summed E-state index contributed by atoms with van der Waals surface area (Å²) in [5, 5.41) is 1.55. The number of aryl methyl sites for hydroxylation is 1. The second-order valence-electron chi connectivity index (χ2n) is 4.77. The number of fused-ring (bicyclic) bond motifs is 2. The first kappa shape index (κ1) is 11.7. The molecule has 6 heteroatoms. The number of anilines is 1. The molecule has 4 rings (SSSR count). The normalized spacial score (nSPS) is 13.8. The van der Waals surface area contributed by atoms with Gasteiger partial charge >= 0.3 is 0 Å². The summed E-state index contributed by atoms with van der Waals surface area (Å²) in [6.45, 7) is 0. The topological polar surface area (TPSA) is 77.8 Å². The van der Waals surface area contributed by atoms with Crippen LogP contribution in [0.25, 0.3) is 11.1 Å². The van der Waals surface area contributed by atoms with Crippen LogP contribution in [0, 0.1) is 0 Å². The van der Waals surface area contributed by atoms with Gasteiger partial charge in [0.2, 0.25) is 0 Å². The van der Waals surface area contributed by atoms with Crippen molar-refractivity contribution < 1.29 is 4.42 Å². The number of aromatic nitrogens is 3.